The molecule has 0 unspecified atom stereocenters. The van der Waals surface area contributed by atoms with Crippen molar-refractivity contribution in [3.63, 3.8) is 0 Å². The Labute approximate surface area is 464 Å². The second kappa shape index (κ2) is 32.2. The molecule has 1 aliphatic heterocycles. The van der Waals surface area contributed by atoms with Crippen molar-refractivity contribution in [2.24, 2.45) is 56.0 Å². The Kier molecular flexibility index (Phi) is 25.6. The maximum absolute atomic E-state index is 14.8. The lowest BCUT2D eigenvalue weighted by molar-refractivity contribution is -0.142. The highest BCUT2D eigenvalue weighted by molar-refractivity contribution is 5.98. The number of guanidine groups is 2. The van der Waals surface area contributed by atoms with E-state index in [1.807, 2.05) is 13.8 Å². The molecule has 1 heterocycles. The van der Waals surface area contributed by atoms with Gasteiger partial charge in [-0.25, -0.2) is 0 Å². The summed E-state index contributed by atoms with van der Waals surface area (Å²) in [5.74, 6) is -7.68. The van der Waals surface area contributed by atoms with E-state index < -0.39 is 108 Å². The number of rotatable bonds is 32. The molecule has 8 atom stereocenters. The number of aliphatic imine (C=N–C) groups is 2. The lowest BCUT2D eigenvalue weighted by Gasteiger charge is -2.31. The first kappa shape index (κ1) is 63.7. The Morgan fingerprint density at radius 3 is 1.51 bits per heavy atom. The van der Waals surface area contributed by atoms with Gasteiger partial charge in [0.25, 0.3) is 0 Å². The molecule has 1 saturated heterocycles. The number of amides is 9. The summed E-state index contributed by atoms with van der Waals surface area (Å²) < 4.78 is 0. The number of hydrogen-bond acceptors (Lipinski definition) is 13. The van der Waals surface area contributed by atoms with Crippen molar-refractivity contribution in [1.82, 2.24) is 36.8 Å². The highest BCUT2D eigenvalue weighted by Gasteiger charge is 2.40. The van der Waals surface area contributed by atoms with Gasteiger partial charge < -0.3 is 82.0 Å². The van der Waals surface area contributed by atoms with Crippen LogP contribution in [0.25, 0.3) is 0 Å². The lowest BCUT2D eigenvalue weighted by Crippen LogP contribution is -2.60. The summed E-state index contributed by atoms with van der Waals surface area (Å²) in [4.78, 5) is 133. The topological polar surface area (TPSA) is 456 Å². The molecule has 3 aromatic carbocycles. The number of primary amides is 2. The van der Waals surface area contributed by atoms with Gasteiger partial charge in [-0.2, -0.15) is 0 Å². The van der Waals surface area contributed by atoms with Crippen molar-refractivity contribution in [2.75, 3.05) is 19.6 Å². The fourth-order valence-corrected chi connectivity index (χ4v) is 8.90. The smallest absolute Gasteiger partial charge is 0.245 e. The number of aromatic hydroxyl groups is 1. The average molecular weight is 1110 g/mol. The second-order valence-corrected chi connectivity index (χ2v) is 20.0. The summed E-state index contributed by atoms with van der Waals surface area (Å²) in [6.45, 7) is 3.86. The molecule has 0 aliphatic carbocycles. The van der Waals surface area contributed by atoms with Crippen LogP contribution in [0.5, 0.6) is 5.75 Å². The number of carbonyl (C=O) groups is 9. The quantitative estimate of drug-likeness (QED) is 0.0170. The predicted molar refractivity (Wildman–Crippen MR) is 299 cm³/mol. The summed E-state index contributed by atoms with van der Waals surface area (Å²) >= 11 is 0. The normalized spacial score (nSPS) is 15.5. The highest BCUT2D eigenvalue weighted by Crippen LogP contribution is 2.21. The molecule has 1 fully saturated rings. The maximum Gasteiger partial charge on any atom is 0.245 e. The van der Waals surface area contributed by atoms with Crippen LogP contribution in [0.2, 0.25) is 0 Å². The van der Waals surface area contributed by atoms with Crippen LogP contribution >= 0.6 is 0 Å². The van der Waals surface area contributed by atoms with Crippen molar-refractivity contribution in [3.8, 4) is 5.75 Å². The van der Waals surface area contributed by atoms with Gasteiger partial charge in [0.15, 0.2) is 11.9 Å². The molecular formula is C54H78N16O10. The molecule has 9 amide bonds. The number of phenols is 1. The van der Waals surface area contributed by atoms with Crippen LogP contribution in [0.1, 0.15) is 81.9 Å². The molecule has 21 N–H and O–H groups in total. The van der Waals surface area contributed by atoms with Gasteiger partial charge in [-0.05, 0) is 86.1 Å². The summed E-state index contributed by atoms with van der Waals surface area (Å²) in [7, 11) is 0. The molecule has 3 aromatic rings. The van der Waals surface area contributed by atoms with Gasteiger partial charge in [0.2, 0.25) is 53.2 Å². The van der Waals surface area contributed by atoms with E-state index in [4.69, 9.17) is 40.1 Å². The van der Waals surface area contributed by atoms with Crippen molar-refractivity contribution in [2.45, 2.75) is 133 Å². The number of nitrogens with two attached hydrogens (primary N) is 7. The summed E-state index contributed by atoms with van der Waals surface area (Å²) in [6, 6.07) is 13.7. The van der Waals surface area contributed by atoms with E-state index in [1.54, 1.807) is 72.8 Å². The van der Waals surface area contributed by atoms with E-state index in [9.17, 15) is 48.3 Å². The summed E-state index contributed by atoms with van der Waals surface area (Å²) in [6.07, 6.45) is 0.290. The molecule has 0 aromatic heterocycles. The Morgan fingerprint density at radius 1 is 0.562 bits per heavy atom. The number of nitrogens with zero attached hydrogens (tertiary/aromatic N) is 3. The number of hydrogen-bond donors (Lipinski definition) is 14. The molecule has 26 nitrogen and oxygen atoms in total. The van der Waals surface area contributed by atoms with Gasteiger partial charge in [0.1, 0.15) is 48.0 Å². The van der Waals surface area contributed by atoms with Crippen LogP contribution in [-0.4, -0.2) is 143 Å². The molecule has 80 heavy (non-hydrogen) atoms. The van der Waals surface area contributed by atoms with Crippen LogP contribution < -0.4 is 72.0 Å². The van der Waals surface area contributed by atoms with Gasteiger partial charge in [-0.1, -0.05) is 86.6 Å². The van der Waals surface area contributed by atoms with Crippen molar-refractivity contribution < 1.29 is 48.3 Å². The predicted octanol–water partition coefficient (Wildman–Crippen LogP) is -2.84. The van der Waals surface area contributed by atoms with Crippen LogP contribution in [0.15, 0.2) is 94.9 Å². The molecule has 434 valence electrons. The largest absolute Gasteiger partial charge is 0.508 e. The molecule has 1 aliphatic rings. The van der Waals surface area contributed by atoms with Crippen LogP contribution in [0.3, 0.4) is 0 Å². The number of carbonyl (C=O) groups excluding carboxylic acids is 9. The van der Waals surface area contributed by atoms with E-state index >= 15 is 0 Å². The Hall–Kier alpha value is -8.81. The molecule has 0 saturated carbocycles. The zero-order valence-corrected chi connectivity index (χ0v) is 45.2. The molecular weight excluding hydrogens is 1030 g/mol. The average Bonchev–Trinajstić information content (AvgIpc) is 3.91. The lowest BCUT2D eigenvalue weighted by atomic mass is 9.99. The highest BCUT2D eigenvalue weighted by atomic mass is 16.3. The molecule has 0 spiro atoms. The van der Waals surface area contributed by atoms with Gasteiger partial charge >= 0.3 is 0 Å². The second-order valence-electron chi connectivity index (χ2n) is 20.0. The number of benzene rings is 3. The number of likely N-dealkylation sites (tertiary alicyclic amines) is 1. The van der Waals surface area contributed by atoms with Gasteiger partial charge in [0.05, 0.1) is 12.5 Å². The molecule has 4 rings (SSSR count). The molecule has 0 bridgehead atoms. The standard InChI is InChI=1S/C54H78N16O10/c1-31(2)26-40(68-50(78)41(28-32-12-5-3-6-13-32)67-46(74)36(55)27-34-19-21-35(71)22-20-34)48(76)69-42(29-33-14-7-4-8-15-33)49(77)65-38(17-10-24-63-54(60)61)52(80)70-25-11-18-43(70)51(79)64-37(16-9-23-62-53(58)59)47(75)66-39(45(57)73)30-44(56)72/h3-8,12-15,19-22,31,36-43,71H,9-11,16-18,23-30,55H2,1-2H3,(H2,56,72)(H2,57,73)(H,64,79)(H,65,77)(H,66,75)(H,67,74)(H,68,78)(H,69,76)(H4,58,59,62)(H4,60,61,63)/t36-,37-,38-,39-,40-,41+,42-,43+/m0/s1. The fourth-order valence-electron chi connectivity index (χ4n) is 8.90. The Bertz CT molecular complexity index is 2630. The Morgan fingerprint density at radius 2 is 1.01 bits per heavy atom. The minimum absolute atomic E-state index is 0.0317. The zero-order chi connectivity index (χ0) is 58.9. The van der Waals surface area contributed by atoms with Crippen LogP contribution in [0, 0.1) is 5.92 Å². The van der Waals surface area contributed by atoms with Crippen molar-refractivity contribution in [1.29, 1.82) is 0 Å². The first-order chi connectivity index (χ1) is 38.0. The third kappa shape index (κ3) is 21.9. The zero-order valence-electron chi connectivity index (χ0n) is 45.2. The molecule has 26 heteroatoms. The summed E-state index contributed by atoms with van der Waals surface area (Å²) in [5.41, 5.74) is 41.1. The summed E-state index contributed by atoms with van der Waals surface area (Å²) in [5, 5.41) is 25.9. The number of nitrogens with one attached hydrogen (secondary N) is 6. The molecule has 0 radical (unpaired) electrons. The van der Waals surface area contributed by atoms with E-state index in [0.29, 0.717) is 23.1 Å². The van der Waals surface area contributed by atoms with Crippen LogP contribution in [-0.2, 0) is 62.4 Å². The van der Waals surface area contributed by atoms with Crippen molar-refractivity contribution >= 4 is 65.1 Å². The number of phenolic OH excluding ortho intramolecular Hbond substituents is 1. The monoisotopic (exact) mass is 1110 g/mol. The fraction of sp³-hybridized carbons (Fsp3) is 0.463. The third-order valence-electron chi connectivity index (χ3n) is 12.9. The third-order valence-corrected chi connectivity index (χ3v) is 12.9. The SMILES string of the molecule is CC(C)C[C@H](NC(=O)[C@@H](Cc1ccccc1)NC(=O)[C@@H](N)Cc1ccc(O)cc1)C(=O)N[C@@H](Cc1ccccc1)C(=O)N[C@@H](CCCN=C(N)N)C(=O)N1CCC[C@@H]1C(=O)N[C@@H](CCCN=C(N)N)C(=O)N[C@@H](CC(N)=O)C(N)=O. The van der Waals surface area contributed by atoms with E-state index in [0.717, 1.165) is 0 Å². The maximum atomic E-state index is 14.8. The minimum atomic E-state index is -1.49. The van der Waals surface area contributed by atoms with E-state index in [1.165, 1.54) is 17.0 Å². The van der Waals surface area contributed by atoms with E-state index in [-0.39, 0.29) is 101 Å². The van der Waals surface area contributed by atoms with Gasteiger partial charge in [0, 0.05) is 32.5 Å². The Balaban J connectivity index is 1.61. The van der Waals surface area contributed by atoms with Gasteiger partial charge in [-0.3, -0.25) is 53.1 Å². The van der Waals surface area contributed by atoms with E-state index in [2.05, 4.69) is 41.9 Å². The van der Waals surface area contributed by atoms with Crippen LogP contribution in [0.4, 0.5) is 0 Å². The minimum Gasteiger partial charge on any atom is -0.508 e. The van der Waals surface area contributed by atoms with Crippen molar-refractivity contribution in [3.05, 3.63) is 102 Å². The van der Waals surface area contributed by atoms with Gasteiger partial charge in [-0.15, -0.1) is 0 Å². The first-order valence-electron chi connectivity index (χ1n) is 26.4. The first-order valence-corrected chi connectivity index (χ1v) is 26.4.